The first-order valence-corrected chi connectivity index (χ1v) is 7.68. The molecule has 0 amide bonds. The van der Waals surface area contributed by atoms with E-state index in [0.717, 1.165) is 13.0 Å². The molecule has 112 valence electrons. The molecule has 0 unspecified atom stereocenters. The Balaban J connectivity index is 2.16. The molecule has 0 radical (unpaired) electrons. The van der Waals surface area contributed by atoms with Gasteiger partial charge in [0.15, 0.2) is 0 Å². The zero-order valence-corrected chi connectivity index (χ0v) is 13.4. The van der Waals surface area contributed by atoms with Crippen molar-refractivity contribution in [3.63, 3.8) is 0 Å². The van der Waals surface area contributed by atoms with Gasteiger partial charge >= 0.3 is 6.01 Å². The largest absolute Gasteiger partial charge is 0.461 e. The molecule has 0 spiro atoms. The van der Waals surface area contributed by atoms with Gasteiger partial charge < -0.3 is 9.64 Å². The third-order valence-electron chi connectivity index (χ3n) is 3.11. The molecule has 6 heteroatoms. The number of halogens is 1. The Labute approximate surface area is 125 Å². The van der Waals surface area contributed by atoms with Gasteiger partial charge in [0.1, 0.15) is 0 Å². The lowest BCUT2D eigenvalue weighted by molar-refractivity contribution is 0.221. The van der Waals surface area contributed by atoms with Gasteiger partial charge in [-0.3, -0.25) is 0 Å². The van der Waals surface area contributed by atoms with Crippen LogP contribution in [0.4, 0.5) is 5.95 Å². The second-order valence-corrected chi connectivity index (χ2v) is 6.30. The van der Waals surface area contributed by atoms with E-state index in [4.69, 9.17) is 16.3 Å². The predicted molar refractivity (Wildman–Crippen MR) is 80.4 cm³/mol. The van der Waals surface area contributed by atoms with Gasteiger partial charge in [-0.1, -0.05) is 13.8 Å². The number of ether oxygens (including phenoxy) is 1. The molecule has 1 aliphatic rings. The minimum Gasteiger partial charge on any atom is -0.461 e. The summed E-state index contributed by atoms with van der Waals surface area (Å²) >= 11 is 6.00. The molecule has 0 saturated heterocycles. The van der Waals surface area contributed by atoms with Gasteiger partial charge in [0.25, 0.3) is 0 Å². The van der Waals surface area contributed by atoms with Crippen LogP contribution in [0.25, 0.3) is 0 Å². The number of nitrogens with zero attached hydrogens (tertiary/aromatic N) is 4. The molecule has 0 atom stereocenters. The number of anilines is 1. The molecule has 0 N–H and O–H groups in total. The molecule has 1 saturated carbocycles. The third kappa shape index (κ3) is 4.47. The Morgan fingerprint density at radius 3 is 2.45 bits per heavy atom. The topological polar surface area (TPSA) is 51.1 Å². The van der Waals surface area contributed by atoms with E-state index in [1.165, 1.54) is 12.8 Å². The summed E-state index contributed by atoms with van der Waals surface area (Å²) in [5, 5.41) is 0.195. The van der Waals surface area contributed by atoms with Crippen LogP contribution in [-0.2, 0) is 0 Å². The lowest BCUT2D eigenvalue weighted by Crippen LogP contribution is -2.30. The summed E-state index contributed by atoms with van der Waals surface area (Å²) in [5.41, 5.74) is 0. The molecule has 2 rings (SSSR count). The van der Waals surface area contributed by atoms with Crippen molar-refractivity contribution in [1.29, 1.82) is 0 Å². The van der Waals surface area contributed by atoms with E-state index < -0.39 is 0 Å². The maximum Gasteiger partial charge on any atom is 0.322 e. The minimum atomic E-state index is 0.0198. The van der Waals surface area contributed by atoms with Gasteiger partial charge in [-0.25, -0.2) is 0 Å². The lowest BCUT2D eigenvalue weighted by atomic mass is 10.1. The molecule has 1 fully saturated rings. The van der Waals surface area contributed by atoms with Gasteiger partial charge in [-0.2, -0.15) is 15.0 Å². The lowest BCUT2D eigenvalue weighted by Gasteiger charge is -2.23. The van der Waals surface area contributed by atoms with E-state index in [1.807, 2.05) is 13.8 Å². The fourth-order valence-corrected chi connectivity index (χ4v) is 2.09. The first-order chi connectivity index (χ1) is 9.45. The fourth-order valence-electron chi connectivity index (χ4n) is 1.94. The summed E-state index contributed by atoms with van der Waals surface area (Å²) in [4.78, 5) is 14.9. The molecular formula is C14H23ClN4O. The molecule has 0 aliphatic heterocycles. The van der Waals surface area contributed by atoms with Crippen molar-refractivity contribution in [2.75, 3.05) is 11.4 Å². The van der Waals surface area contributed by atoms with Gasteiger partial charge in [0, 0.05) is 12.6 Å². The second-order valence-electron chi connectivity index (χ2n) is 5.96. The monoisotopic (exact) mass is 298 g/mol. The van der Waals surface area contributed by atoms with Crippen LogP contribution in [0.1, 0.15) is 47.0 Å². The minimum absolute atomic E-state index is 0.0198. The Hall–Kier alpha value is -1.10. The summed E-state index contributed by atoms with van der Waals surface area (Å²) in [6.07, 6.45) is 3.52. The Morgan fingerprint density at radius 1 is 1.20 bits per heavy atom. The fraction of sp³-hybridized carbons (Fsp3) is 0.786. The summed E-state index contributed by atoms with van der Waals surface area (Å²) in [7, 11) is 0. The van der Waals surface area contributed by atoms with E-state index in [1.54, 1.807) is 0 Å². The van der Waals surface area contributed by atoms with Crippen LogP contribution in [0.5, 0.6) is 6.01 Å². The van der Waals surface area contributed by atoms with E-state index >= 15 is 0 Å². The normalized spacial score (nSPS) is 14.9. The quantitative estimate of drug-likeness (QED) is 0.773. The predicted octanol–water partition coefficient (Wildman–Crippen LogP) is 3.33. The zero-order valence-electron chi connectivity index (χ0n) is 12.6. The number of aromatic nitrogens is 3. The van der Waals surface area contributed by atoms with Gasteiger partial charge in [-0.15, -0.1) is 0 Å². The number of hydrogen-bond acceptors (Lipinski definition) is 5. The molecular weight excluding hydrogens is 276 g/mol. The molecule has 1 heterocycles. The standard InChI is InChI=1S/C14H23ClN4O/c1-9(2)7-8-19(11-5-6-11)13-16-12(15)17-14(18-13)20-10(3)4/h9-11H,5-8H2,1-4H3. The smallest absolute Gasteiger partial charge is 0.322 e. The van der Waals surface area contributed by atoms with Crippen molar-refractivity contribution in [3.8, 4) is 6.01 Å². The van der Waals surface area contributed by atoms with Crippen LogP contribution in [0.15, 0.2) is 0 Å². The van der Waals surface area contributed by atoms with Crippen LogP contribution in [-0.4, -0.2) is 33.6 Å². The van der Waals surface area contributed by atoms with Crippen LogP contribution < -0.4 is 9.64 Å². The van der Waals surface area contributed by atoms with E-state index in [0.29, 0.717) is 23.9 Å². The highest BCUT2D eigenvalue weighted by Gasteiger charge is 2.31. The van der Waals surface area contributed by atoms with Crippen LogP contribution in [0.2, 0.25) is 5.28 Å². The maximum atomic E-state index is 6.00. The van der Waals surface area contributed by atoms with Gasteiger partial charge in [0.2, 0.25) is 11.2 Å². The molecule has 5 nitrogen and oxygen atoms in total. The van der Waals surface area contributed by atoms with Gasteiger partial charge in [-0.05, 0) is 50.6 Å². The Kier molecular flexibility index (Phi) is 5.02. The second kappa shape index (κ2) is 6.57. The Bertz CT molecular complexity index is 449. The number of hydrogen-bond donors (Lipinski definition) is 0. The SMILES string of the molecule is CC(C)CCN(c1nc(Cl)nc(OC(C)C)n1)C1CC1. The third-order valence-corrected chi connectivity index (χ3v) is 3.28. The molecule has 0 bridgehead atoms. The molecule has 1 aromatic rings. The van der Waals surface area contributed by atoms with Crippen molar-refractivity contribution in [3.05, 3.63) is 5.28 Å². The van der Waals surface area contributed by atoms with Crippen molar-refractivity contribution in [2.24, 2.45) is 5.92 Å². The van der Waals surface area contributed by atoms with Crippen molar-refractivity contribution < 1.29 is 4.74 Å². The van der Waals surface area contributed by atoms with E-state index in [2.05, 4.69) is 33.7 Å². The highest BCUT2D eigenvalue weighted by Crippen LogP contribution is 2.31. The van der Waals surface area contributed by atoms with Crippen molar-refractivity contribution in [2.45, 2.75) is 59.1 Å². The summed E-state index contributed by atoms with van der Waals surface area (Å²) in [5.74, 6) is 1.30. The highest BCUT2D eigenvalue weighted by molar-refractivity contribution is 6.28. The van der Waals surface area contributed by atoms with Crippen LogP contribution in [0, 0.1) is 5.92 Å². The summed E-state index contributed by atoms with van der Waals surface area (Å²) in [6.45, 7) is 9.27. The van der Waals surface area contributed by atoms with Gasteiger partial charge in [0.05, 0.1) is 6.10 Å². The van der Waals surface area contributed by atoms with E-state index in [9.17, 15) is 0 Å². The summed E-state index contributed by atoms with van der Waals surface area (Å²) < 4.78 is 5.54. The highest BCUT2D eigenvalue weighted by atomic mass is 35.5. The van der Waals surface area contributed by atoms with Crippen molar-refractivity contribution in [1.82, 2.24) is 15.0 Å². The average molecular weight is 299 g/mol. The first-order valence-electron chi connectivity index (χ1n) is 7.30. The maximum absolute atomic E-state index is 6.00. The average Bonchev–Trinajstić information content (AvgIpc) is 3.11. The molecule has 0 aromatic carbocycles. The molecule has 1 aromatic heterocycles. The molecule has 20 heavy (non-hydrogen) atoms. The summed E-state index contributed by atoms with van der Waals surface area (Å²) in [6, 6.07) is 0.851. The van der Waals surface area contributed by atoms with Crippen LogP contribution in [0.3, 0.4) is 0 Å². The molecule has 1 aliphatic carbocycles. The zero-order chi connectivity index (χ0) is 14.7. The van der Waals surface area contributed by atoms with Crippen LogP contribution >= 0.6 is 11.6 Å². The van der Waals surface area contributed by atoms with Crippen molar-refractivity contribution >= 4 is 17.5 Å². The Morgan fingerprint density at radius 2 is 1.90 bits per heavy atom. The first kappa shape index (κ1) is 15.3. The number of rotatable bonds is 7. The van der Waals surface area contributed by atoms with E-state index in [-0.39, 0.29) is 11.4 Å².